The highest BCUT2D eigenvalue weighted by Gasteiger charge is 2.35. The fourth-order valence-corrected chi connectivity index (χ4v) is 3.64. The molecule has 0 amide bonds. The number of anilines is 1. The summed E-state index contributed by atoms with van der Waals surface area (Å²) in [4.78, 5) is 0. The van der Waals surface area contributed by atoms with Crippen LogP contribution in [0.4, 0.5) is 23.2 Å². The van der Waals surface area contributed by atoms with E-state index in [1.54, 1.807) is 0 Å². The summed E-state index contributed by atoms with van der Waals surface area (Å²) >= 11 is 0. The normalized spacial score (nSPS) is 17.7. The number of rotatable bonds is 3. The molecule has 1 heterocycles. The van der Waals surface area contributed by atoms with Crippen molar-refractivity contribution in [2.24, 2.45) is 0 Å². The van der Waals surface area contributed by atoms with E-state index in [2.05, 4.69) is 10.0 Å². The summed E-state index contributed by atoms with van der Waals surface area (Å²) in [6.45, 7) is 1.06. The highest BCUT2D eigenvalue weighted by atomic mass is 32.2. The van der Waals surface area contributed by atoms with Gasteiger partial charge in [-0.25, -0.2) is 12.8 Å². The van der Waals surface area contributed by atoms with Crippen molar-refractivity contribution in [1.29, 1.82) is 0 Å². The number of hydrogen-bond acceptors (Lipinski definition) is 3. The van der Waals surface area contributed by atoms with Crippen LogP contribution in [0.25, 0.3) is 0 Å². The van der Waals surface area contributed by atoms with Gasteiger partial charge in [0.05, 0.1) is 10.8 Å². The van der Waals surface area contributed by atoms with Gasteiger partial charge in [0.15, 0.2) is 0 Å². The Balaban J connectivity index is 2.23. The highest BCUT2D eigenvalue weighted by molar-refractivity contribution is 7.93. The Labute approximate surface area is 119 Å². The van der Waals surface area contributed by atoms with Crippen LogP contribution in [-0.2, 0) is 16.2 Å². The molecule has 0 unspecified atom stereocenters. The molecule has 0 saturated carbocycles. The first-order valence-electron chi connectivity index (χ1n) is 6.29. The fraction of sp³-hybridized carbons (Fsp3) is 0.500. The first kappa shape index (κ1) is 16.0. The second-order valence-electron chi connectivity index (χ2n) is 4.79. The number of sulfonamides is 1. The highest BCUT2D eigenvalue weighted by Crippen LogP contribution is 2.33. The van der Waals surface area contributed by atoms with Crippen LogP contribution in [0, 0.1) is 5.82 Å². The van der Waals surface area contributed by atoms with E-state index in [4.69, 9.17) is 0 Å². The Kier molecular flexibility index (Phi) is 4.43. The minimum Gasteiger partial charge on any atom is -0.317 e. The maximum atomic E-state index is 13.1. The number of alkyl halides is 3. The lowest BCUT2D eigenvalue weighted by Crippen LogP contribution is -2.38. The maximum absolute atomic E-state index is 13.1. The van der Waals surface area contributed by atoms with Crippen LogP contribution in [0.15, 0.2) is 18.2 Å². The molecule has 118 valence electrons. The van der Waals surface area contributed by atoms with E-state index >= 15 is 0 Å². The molecule has 1 aromatic carbocycles. The summed E-state index contributed by atoms with van der Waals surface area (Å²) in [6, 6.07) is 2.04. The molecule has 1 aromatic rings. The van der Waals surface area contributed by atoms with Crippen molar-refractivity contribution < 1.29 is 26.0 Å². The van der Waals surface area contributed by atoms with Crippen LogP contribution in [0.1, 0.15) is 18.4 Å². The van der Waals surface area contributed by atoms with Gasteiger partial charge in [0.1, 0.15) is 5.82 Å². The molecule has 4 nitrogen and oxygen atoms in total. The molecule has 21 heavy (non-hydrogen) atoms. The Morgan fingerprint density at radius 2 is 1.81 bits per heavy atom. The molecule has 0 spiro atoms. The van der Waals surface area contributed by atoms with Gasteiger partial charge in [0.25, 0.3) is 0 Å². The Bertz CT molecular complexity index is 610. The largest absolute Gasteiger partial charge is 0.419 e. The summed E-state index contributed by atoms with van der Waals surface area (Å²) in [7, 11) is -3.79. The molecule has 0 aliphatic carbocycles. The number of hydrogen-bond donors (Lipinski definition) is 2. The monoisotopic (exact) mass is 326 g/mol. The molecule has 0 atom stereocenters. The summed E-state index contributed by atoms with van der Waals surface area (Å²) in [5.74, 6) is -1.44. The van der Waals surface area contributed by atoms with Gasteiger partial charge in [-0.2, -0.15) is 13.2 Å². The first-order chi connectivity index (χ1) is 9.70. The van der Waals surface area contributed by atoms with Crippen molar-refractivity contribution in [3.05, 3.63) is 29.6 Å². The predicted octanol–water partition coefficient (Wildman–Crippen LogP) is 2.34. The van der Waals surface area contributed by atoms with Crippen molar-refractivity contribution in [3.63, 3.8) is 0 Å². The third-order valence-corrected chi connectivity index (χ3v) is 5.13. The fourth-order valence-electron chi connectivity index (χ4n) is 2.16. The zero-order chi connectivity index (χ0) is 15.7. The van der Waals surface area contributed by atoms with Gasteiger partial charge in [0, 0.05) is 5.69 Å². The lowest BCUT2D eigenvalue weighted by Gasteiger charge is -2.23. The predicted molar refractivity (Wildman–Crippen MR) is 69.8 cm³/mol. The minimum absolute atomic E-state index is 0.290. The van der Waals surface area contributed by atoms with E-state index in [0.29, 0.717) is 38.1 Å². The van der Waals surface area contributed by atoms with Gasteiger partial charge >= 0.3 is 6.18 Å². The molecule has 2 N–H and O–H groups in total. The molecule has 1 aliphatic rings. The van der Waals surface area contributed by atoms with Gasteiger partial charge in [-0.1, -0.05) is 0 Å². The van der Waals surface area contributed by atoms with E-state index < -0.39 is 32.8 Å². The Morgan fingerprint density at radius 1 is 1.19 bits per heavy atom. The first-order valence-corrected chi connectivity index (χ1v) is 7.84. The van der Waals surface area contributed by atoms with Crippen molar-refractivity contribution in [2.45, 2.75) is 24.3 Å². The molecule has 0 aromatic heterocycles. The molecule has 1 fully saturated rings. The number of benzene rings is 1. The number of halogens is 4. The summed E-state index contributed by atoms with van der Waals surface area (Å²) < 4.78 is 77.2. The standard InChI is InChI=1S/C12H14F4N2O2S/c13-11-2-1-8(7-10(11)12(14,15)16)18-21(19,20)9-3-5-17-6-4-9/h1-2,7,9,17-18H,3-6H2. The van der Waals surface area contributed by atoms with Gasteiger partial charge < -0.3 is 5.32 Å². The van der Waals surface area contributed by atoms with Crippen molar-refractivity contribution in [3.8, 4) is 0 Å². The second kappa shape index (κ2) is 5.80. The summed E-state index contributed by atoms with van der Waals surface area (Å²) in [6.07, 6.45) is -4.12. The van der Waals surface area contributed by atoms with Crippen LogP contribution in [0.5, 0.6) is 0 Å². The van der Waals surface area contributed by atoms with Crippen LogP contribution >= 0.6 is 0 Å². The Morgan fingerprint density at radius 3 is 2.38 bits per heavy atom. The zero-order valence-corrected chi connectivity index (χ0v) is 11.7. The molecule has 9 heteroatoms. The van der Waals surface area contributed by atoms with E-state index in [0.717, 1.165) is 6.07 Å². The SMILES string of the molecule is O=S(=O)(Nc1ccc(F)c(C(F)(F)F)c1)C1CCNCC1. The Hall–Kier alpha value is -1.35. The van der Waals surface area contributed by atoms with E-state index in [-0.39, 0.29) is 5.69 Å². The second-order valence-corrected chi connectivity index (χ2v) is 6.75. The third kappa shape index (κ3) is 3.85. The lowest BCUT2D eigenvalue weighted by molar-refractivity contribution is -0.139. The third-order valence-electron chi connectivity index (χ3n) is 3.26. The molecule has 0 radical (unpaired) electrons. The molecule has 0 bridgehead atoms. The van der Waals surface area contributed by atoms with Gasteiger partial charge in [0.2, 0.25) is 10.0 Å². The van der Waals surface area contributed by atoms with Crippen LogP contribution in [0.2, 0.25) is 0 Å². The van der Waals surface area contributed by atoms with Crippen LogP contribution < -0.4 is 10.0 Å². The quantitative estimate of drug-likeness (QED) is 0.838. The molecule has 2 rings (SSSR count). The minimum atomic E-state index is -4.87. The maximum Gasteiger partial charge on any atom is 0.419 e. The van der Waals surface area contributed by atoms with Crippen molar-refractivity contribution in [2.75, 3.05) is 17.8 Å². The number of nitrogens with one attached hydrogen (secondary N) is 2. The molecule has 1 aliphatic heterocycles. The van der Waals surface area contributed by atoms with E-state index in [1.807, 2.05) is 0 Å². The molecule has 1 saturated heterocycles. The van der Waals surface area contributed by atoms with Crippen LogP contribution in [-0.4, -0.2) is 26.8 Å². The average molecular weight is 326 g/mol. The summed E-state index contributed by atoms with van der Waals surface area (Å²) in [5, 5.41) is 2.33. The lowest BCUT2D eigenvalue weighted by atomic mass is 10.2. The topological polar surface area (TPSA) is 58.2 Å². The van der Waals surface area contributed by atoms with Crippen molar-refractivity contribution in [1.82, 2.24) is 5.32 Å². The van der Waals surface area contributed by atoms with Gasteiger partial charge in [-0.15, -0.1) is 0 Å². The van der Waals surface area contributed by atoms with Gasteiger partial charge in [-0.05, 0) is 44.1 Å². The zero-order valence-electron chi connectivity index (χ0n) is 10.9. The smallest absolute Gasteiger partial charge is 0.317 e. The van der Waals surface area contributed by atoms with E-state index in [1.165, 1.54) is 0 Å². The van der Waals surface area contributed by atoms with Gasteiger partial charge in [-0.3, -0.25) is 4.72 Å². The molecular formula is C12H14F4N2O2S. The van der Waals surface area contributed by atoms with E-state index in [9.17, 15) is 26.0 Å². The van der Waals surface area contributed by atoms with Crippen molar-refractivity contribution >= 4 is 15.7 Å². The molecular weight excluding hydrogens is 312 g/mol. The van der Waals surface area contributed by atoms with Crippen LogP contribution in [0.3, 0.4) is 0 Å². The number of piperidine rings is 1. The summed E-state index contributed by atoms with van der Waals surface area (Å²) in [5.41, 5.74) is -1.78. The average Bonchev–Trinajstić information content (AvgIpc) is 2.40.